The minimum absolute atomic E-state index is 0.0522. The van der Waals surface area contributed by atoms with Gasteiger partial charge in [-0.05, 0) is 26.8 Å². The van der Waals surface area contributed by atoms with E-state index in [-0.39, 0.29) is 18.0 Å². The minimum atomic E-state index is -1.10. The Bertz CT molecular complexity index is 407. The first kappa shape index (κ1) is 12.5. The van der Waals surface area contributed by atoms with Crippen LogP contribution in [0.25, 0.3) is 0 Å². The zero-order valence-corrected chi connectivity index (χ0v) is 10.5. The van der Waals surface area contributed by atoms with Gasteiger partial charge in [0.05, 0.1) is 17.8 Å². The number of ether oxygens (including phenoxy) is 1. The molecule has 0 bridgehead atoms. The Morgan fingerprint density at radius 1 is 1.29 bits per heavy atom. The van der Waals surface area contributed by atoms with Crippen molar-refractivity contribution in [2.24, 2.45) is 0 Å². The summed E-state index contributed by atoms with van der Waals surface area (Å²) < 4.78 is 19.4. The largest absolute Gasteiger partial charge is 0.385 e. The molecule has 17 heavy (non-hydrogen) atoms. The SMILES string of the molecule is Cc1ccc(F)c(C2(O)CC(C)OC(C)C2)c1. The van der Waals surface area contributed by atoms with Crippen molar-refractivity contribution in [2.75, 3.05) is 0 Å². The lowest BCUT2D eigenvalue weighted by Gasteiger charge is -2.39. The first-order valence-corrected chi connectivity index (χ1v) is 6.05. The van der Waals surface area contributed by atoms with Crippen molar-refractivity contribution in [3.05, 3.63) is 35.1 Å². The van der Waals surface area contributed by atoms with Crippen LogP contribution >= 0.6 is 0 Å². The Kier molecular flexibility index (Phi) is 3.23. The number of rotatable bonds is 1. The summed E-state index contributed by atoms with van der Waals surface area (Å²) >= 11 is 0. The Morgan fingerprint density at radius 3 is 2.47 bits per heavy atom. The maximum absolute atomic E-state index is 13.9. The average Bonchev–Trinajstić information content (AvgIpc) is 2.19. The van der Waals surface area contributed by atoms with Gasteiger partial charge in [-0.25, -0.2) is 4.39 Å². The van der Waals surface area contributed by atoms with Crippen LogP contribution in [-0.4, -0.2) is 17.3 Å². The van der Waals surface area contributed by atoms with Gasteiger partial charge in [-0.3, -0.25) is 0 Å². The van der Waals surface area contributed by atoms with E-state index in [1.54, 1.807) is 12.1 Å². The summed E-state index contributed by atoms with van der Waals surface area (Å²) in [6, 6.07) is 4.88. The van der Waals surface area contributed by atoms with Crippen molar-refractivity contribution >= 4 is 0 Å². The van der Waals surface area contributed by atoms with Gasteiger partial charge < -0.3 is 9.84 Å². The number of benzene rings is 1. The molecule has 2 unspecified atom stereocenters. The van der Waals surface area contributed by atoms with E-state index < -0.39 is 5.60 Å². The molecule has 0 aromatic heterocycles. The number of halogens is 1. The molecule has 1 saturated heterocycles. The lowest BCUT2D eigenvalue weighted by Crippen LogP contribution is -2.41. The minimum Gasteiger partial charge on any atom is -0.385 e. The summed E-state index contributed by atoms with van der Waals surface area (Å²) in [5, 5.41) is 10.7. The van der Waals surface area contributed by atoms with Crippen molar-refractivity contribution in [3.63, 3.8) is 0 Å². The second-order valence-electron chi connectivity index (χ2n) is 5.18. The Balaban J connectivity index is 2.39. The highest BCUT2D eigenvalue weighted by molar-refractivity contribution is 5.30. The quantitative estimate of drug-likeness (QED) is 0.815. The first-order valence-electron chi connectivity index (χ1n) is 6.05. The third-order valence-electron chi connectivity index (χ3n) is 3.34. The molecule has 0 amide bonds. The van der Waals surface area contributed by atoms with Crippen LogP contribution in [0.15, 0.2) is 18.2 Å². The fourth-order valence-corrected chi connectivity index (χ4v) is 2.74. The molecule has 0 spiro atoms. The van der Waals surface area contributed by atoms with E-state index in [4.69, 9.17) is 4.74 Å². The second kappa shape index (κ2) is 4.39. The van der Waals surface area contributed by atoms with Crippen LogP contribution in [0.4, 0.5) is 4.39 Å². The monoisotopic (exact) mass is 238 g/mol. The van der Waals surface area contributed by atoms with E-state index in [1.807, 2.05) is 20.8 Å². The van der Waals surface area contributed by atoms with Gasteiger partial charge in [0, 0.05) is 18.4 Å². The van der Waals surface area contributed by atoms with Crippen molar-refractivity contribution in [3.8, 4) is 0 Å². The van der Waals surface area contributed by atoms with E-state index in [0.29, 0.717) is 18.4 Å². The molecule has 2 atom stereocenters. The van der Waals surface area contributed by atoms with Crippen molar-refractivity contribution in [1.29, 1.82) is 0 Å². The highest BCUT2D eigenvalue weighted by Gasteiger charge is 2.39. The maximum atomic E-state index is 13.9. The summed E-state index contributed by atoms with van der Waals surface area (Å²) in [7, 11) is 0. The Hall–Kier alpha value is -0.930. The molecule has 3 heteroatoms. The predicted octanol–water partition coefficient (Wildman–Crippen LogP) is 2.91. The maximum Gasteiger partial charge on any atom is 0.129 e. The van der Waals surface area contributed by atoms with Crippen LogP contribution in [0.1, 0.15) is 37.8 Å². The molecule has 94 valence electrons. The van der Waals surface area contributed by atoms with E-state index in [0.717, 1.165) is 5.56 Å². The summed E-state index contributed by atoms with van der Waals surface area (Å²) in [6.07, 6.45) is 0.780. The fourth-order valence-electron chi connectivity index (χ4n) is 2.74. The van der Waals surface area contributed by atoms with E-state index in [9.17, 15) is 9.50 Å². The third-order valence-corrected chi connectivity index (χ3v) is 3.34. The van der Waals surface area contributed by atoms with E-state index in [1.165, 1.54) is 6.07 Å². The number of aliphatic hydroxyl groups is 1. The number of hydrogen-bond donors (Lipinski definition) is 1. The van der Waals surface area contributed by atoms with E-state index in [2.05, 4.69) is 0 Å². The zero-order valence-electron chi connectivity index (χ0n) is 10.5. The molecule has 1 aliphatic rings. The van der Waals surface area contributed by atoms with E-state index >= 15 is 0 Å². The van der Waals surface area contributed by atoms with Crippen molar-refractivity contribution in [2.45, 2.75) is 51.4 Å². The average molecular weight is 238 g/mol. The smallest absolute Gasteiger partial charge is 0.129 e. The van der Waals surface area contributed by atoms with Crippen LogP contribution in [0.2, 0.25) is 0 Å². The topological polar surface area (TPSA) is 29.5 Å². The van der Waals surface area contributed by atoms with Crippen LogP contribution in [0, 0.1) is 12.7 Å². The standard InChI is InChI=1S/C14H19FO2/c1-9-4-5-13(15)12(6-9)14(16)7-10(2)17-11(3)8-14/h4-6,10-11,16H,7-8H2,1-3H3. The van der Waals surface area contributed by atoms with Crippen LogP contribution in [0.5, 0.6) is 0 Å². The molecule has 1 N–H and O–H groups in total. The summed E-state index contributed by atoms with van der Waals surface area (Å²) in [6.45, 7) is 5.72. The fraction of sp³-hybridized carbons (Fsp3) is 0.571. The van der Waals surface area contributed by atoms with Crippen molar-refractivity contribution < 1.29 is 14.2 Å². The van der Waals surface area contributed by atoms with Gasteiger partial charge in [-0.15, -0.1) is 0 Å². The molecule has 1 heterocycles. The predicted molar refractivity (Wildman–Crippen MR) is 64.3 cm³/mol. The van der Waals surface area contributed by atoms with Crippen molar-refractivity contribution in [1.82, 2.24) is 0 Å². The van der Waals surface area contributed by atoms with Crippen LogP contribution in [0.3, 0.4) is 0 Å². The lowest BCUT2D eigenvalue weighted by atomic mass is 9.81. The zero-order chi connectivity index (χ0) is 12.6. The molecule has 0 aliphatic carbocycles. The molecule has 1 aliphatic heterocycles. The highest BCUT2D eigenvalue weighted by Crippen LogP contribution is 2.38. The molecular formula is C14H19FO2. The summed E-state index contributed by atoms with van der Waals surface area (Å²) in [4.78, 5) is 0. The normalized spacial score (nSPS) is 33.7. The summed E-state index contributed by atoms with van der Waals surface area (Å²) in [5.74, 6) is -0.334. The molecule has 0 radical (unpaired) electrons. The molecular weight excluding hydrogens is 219 g/mol. The van der Waals surface area contributed by atoms with Gasteiger partial charge in [-0.2, -0.15) is 0 Å². The Morgan fingerprint density at radius 2 is 1.88 bits per heavy atom. The van der Waals surface area contributed by atoms with Crippen LogP contribution in [-0.2, 0) is 10.3 Å². The number of hydrogen-bond acceptors (Lipinski definition) is 2. The molecule has 1 fully saturated rings. The molecule has 1 aromatic carbocycles. The Labute approximate surface area is 101 Å². The van der Waals surface area contributed by atoms with Gasteiger partial charge in [0.2, 0.25) is 0 Å². The second-order valence-corrected chi connectivity index (χ2v) is 5.18. The lowest BCUT2D eigenvalue weighted by molar-refractivity contribution is -0.137. The molecule has 1 aromatic rings. The summed E-state index contributed by atoms with van der Waals surface area (Å²) in [5.41, 5.74) is 0.258. The van der Waals surface area contributed by atoms with Gasteiger partial charge in [0.1, 0.15) is 5.82 Å². The molecule has 2 nitrogen and oxygen atoms in total. The van der Waals surface area contributed by atoms with Gasteiger partial charge >= 0.3 is 0 Å². The van der Waals surface area contributed by atoms with Crippen LogP contribution < -0.4 is 0 Å². The van der Waals surface area contributed by atoms with Gasteiger partial charge in [0.15, 0.2) is 0 Å². The highest BCUT2D eigenvalue weighted by atomic mass is 19.1. The third kappa shape index (κ3) is 2.50. The number of aryl methyl sites for hydroxylation is 1. The van der Waals surface area contributed by atoms with Gasteiger partial charge in [0.25, 0.3) is 0 Å². The first-order chi connectivity index (χ1) is 7.90. The molecule has 0 saturated carbocycles. The molecule has 2 rings (SSSR count). The van der Waals surface area contributed by atoms with Gasteiger partial charge in [-0.1, -0.05) is 17.7 Å².